The molecule has 0 bridgehead atoms. The zero-order valence-electron chi connectivity index (χ0n) is 17.5. The summed E-state index contributed by atoms with van der Waals surface area (Å²) in [5.74, 6) is 0.512. The third-order valence-corrected chi connectivity index (χ3v) is 5.68. The highest BCUT2D eigenvalue weighted by atomic mass is 16.7. The number of fused-ring (bicyclic) bond motifs is 1. The van der Waals surface area contributed by atoms with Crippen molar-refractivity contribution in [2.24, 2.45) is 0 Å². The Kier molecular flexibility index (Phi) is 5.66. The van der Waals surface area contributed by atoms with Crippen LogP contribution in [0.2, 0.25) is 0 Å². The molecule has 1 heterocycles. The molecule has 1 saturated carbocycles. The molecule has 2 aromatic carbocycles. The van der Waals surface area contributed by atoms with Gasteiger partial charge in [-0.2, -0.15) is 0 Å². The molecule has 158 valence electrons. The Morgan fingerprint density at radius 2 is 1.70 bits per heavy atom. The lowest BCUT2D eigenvalue weighted by Crippen LogP contribution is -2.40. The van der Waals surface area contributed by atoms with Gasteiger partial charge in [0, 0.05) is 31.5 Å². The van der Waals surface area contributed by atoms with Crippen LogP contribution in [-0.4, -0.2) is 17.6 Å². The normalized spacial score (nSPS) is 17.4. The van der Waals surface area contributed by atoms with E-state index < -0.39 is 5.79 Å². The van der Waals surface area contributed by atoms with E-state index in [-0.39, 0.29) is 24.3 Å². The lowest BCUT2D eigenvalue weighted by atomic mass is 9.94. The number of aryl methyl sites for hydroxylation is 1. The molecule has 1 spiro atoms. The summed E-state index contributed by atoms with van der Waals surface area (Å²) >= 11 is 0. The lowest BCUT2D eigenvalue weighted by molar-refractivity contribution is -0.120. The van der Waals surface area contributed by atoms with Crippen LogP contribution in [0.4, 0.5) is 5.69 Å². The van der Waals surface area contributed by atoms with Crippen LogP contribution in [0.5, 0.6) is 11.5 Å². The van der Waals surface area contributed by atoms with Crippen molar-refractivity contribution in [3.05, 3.63) is 53.6 Å². The molecule has 1 unspecified atom stereocenters. The van der Waals surface area contributed by atoms with Gasteiger partial charge in [-0.25, -0.2) is 0 Å². The maximum atomic E-state index is 12.7. The second-order valence-corrected chi connectivity index (χ2v) is 8.25. The minimum Gasteiger partial charge on any atom is -0.448 e. The van der Waals surface area contributed by atoms with E-state index in [2.05, 4.69) is 10.6 Å². The zero-order chi connectivity index (χ0) is 21.1. The Bertz CT molecular complexity index is 933. The van der Waals surface area contributed by atoms with Crippen molar-refractivity contribution < 1.29 is 19.1 Å². The molecular weight excluding hydrogens is 380 g/mol. The van der Waals surface area contributed by atoms with Gasteiger partial charge in [-0.05, 0) is 37.5 Å². The monoisotopic (exact) mass is 408 g/mol. The topological polar surface area (TPSA) is 76.7 Å². The highest BCUT2D eigenvalue weighted by Crippen LogP contribution is 2.46. The molecule has 1 aliphatic heterocycles. The van der Waals surface area contributed by atoms with Crippen molar-refractivity contribution in [1.29, 1.82) is 0 Å². The smallest absolute Gasteiger partial charge is 0.251 e. The summed E-state index contributed by atoms with van der Waals surface area (Å²) < 4.78 is 12.2. The summed E-state index contributed by atoms with van der Waals surface area (Å²) in [7, 11) is 0. The SMILES string of the molecule is CC(=O)NC(CC(=O)Nc1ccc2c(c1)OC1(CCCCC1)O2)c1ccc(C)cc1. The van der Waals surface area contributed by atoms with Crippen LogP contribution in [0.3, 0.4) is 0 Å². The summed E-state index contributed by atoms with van der Waals surface area (Å²) in [6, 6.07) is 12.9. The molecule has 0 aromatic heterocycles. The molecular formula is C24H28N2O4. The van der Waals surface area contributed by atoms with Crippen LogP contribution in [0.15, 0.2) is 42.5 Å². The lowest BCUT2D eigenvalue weighted by Gasteiger charge is -2.31. The average molecular weight is 408 g/mol. The number of hydrogen-bond donors (Lipinski definition) is 2. The van der Waals surface area contributed by atoms with E-state index in [1.807, 2.05) is 49.4 Å². The fourth-order valence-corrected chi connectivity index (χ4v) is 4.16. The fraction of sp³-hybridized carbons (Fsp3) is 0.417. The molecule has 2 N–H and O–H groups in total. The van der Waals surface area contributed by atoms with Gasteiger partial charge in [0.05, 0.1) is 12.5 Å². The highest BCUT2D eigenvalue weighted by molar-refractivity contribution is 5.92. The van der Waals surface area contributed by atoms with Crippen LogP contribution >= 0.6 is 0 Å². The van der Waals surface area contributed by atoms with Gasteiger partial charge in [-0.15, -0.1) is 0 Å². The molecule has 1 aliphatic carbocycles. The number of benzene rings is 2. The second kappa shape index (κ2) is 8.38. The number of carbonyl (C=O) groups is 2. The number of rotatable bonds is 5. The molecule has 1 atom stereocenters. The maximum Gasteiger partial charge on any atom is 0.251 e. The van der Waals surface area contributed by atoms with Crippen molar-refractivity contribution in [2.45, 2.75) is 64.2 Å². The van der Waals surface area contributed by atoms with Gasteiger partial charge in [0.15, 0.2) is 11.5 Å². The van der Waals surface area contributed by atoms with E-state index in [0.29, 0.717) is 11.4 Å². The first-order valence-electron chi connectivity index (χ1n) is 10.6. The predicted molar refractivity (Wildman–Crippen MR) is 114 cm³/mol. The summed E-state index contributed by atoms with van der Waals surface area (Å²) in [5, 5.41) is 5.79. The zero-order valence-corrected chi connectivity index (χ0v) is 17.5. The molecule has 4 rings (SSSR count). The summed E-state index contributed by atoms with van der Waals surface area (Å²) in [6.45, 7) is 3.46. The molecule has 2 aliphatic rings. The Morgan fingerprint density at radius 1 is 1.00 bits per heavy atom. The Morgan fingerprint density at radius 3 is 2.40 bits per heavy atom. The number of ether oxygens (including phenoxy) is 2. The summed E-state index contributed by atoms with van der Waals surface area (Å²) in [5.41, 5.74) is 2.68. The largest absolute Gasteiger partial charge is 0.448 e. The van der Waals surface area contributed by atoms with Crippen molar-refractivity contribution >= 4 is 17.5 Å². The van der Waals surface area contributed by atoms with Gasteiger partial charge in [-0.3, -0.25) is 9.59 Å². The van der Waals surface area contributed by atoms with Crippen LogP contribution in [0, 0.1) is 6.92 Å². The van der Waals surface area contributed by atoms with E-state index in [0.717, 1.165) is 42.6 Å². The van der Waals surface area contributed by atoms with E-state index in [4.69, 9.17) is 9.47 Å². The van der Waals surface area contributed by atoms with Gasteiger partial charge < -0.3 is 20.1 Å². The maximum absolute atomic E-state index is 12.7. The first-order chi connectivity index (χ1) is 14.4. The van der Waals surface area contributed by atoms with E-state index in [9.17, 15) is 9.59 Å². The Balaban J connectivity index is 1.43. The fourth-order valence-electron chi connectivity index (χ4n) is 4.16. The van der Waals surface area contributed by atoms with E-state index in [1.54, 1.807) is 0 Å². The minimum absolute atomic E-state index is 0.140. The number of hydrogen-bond acceptors (Lipinski definition) is 4. The number of amides is 2. The number of carbonyl (C=O) groups excluding carboxylic acids is 2. The minimum atomic E-state index is -0.537. The molecule has 0 radical (unpaired) electrons. The van der Waals surface area contributed by atoms with Crippen molar-refractivity contribution in [3.8, 4) is 11.5 Å². The van der Waals surface area contributed by atoms with Crippen molar-refractivity contribution in [1.82, 2.24) is 5.32 Å². The molecule has 6 heteroatoms. The van der Waals surface area contributed by atoms with Crippen LogP contribution in [0.25, 0.3) is 0 Å². The first kappa shape index (κ1) is 20.3. The summed E-state index contributed by atoms with van der Waals surface area (Å²) in [6.07, 6.45) is 5.32. The highest BCUT2D eigenvalue weighted by Gasteiger charge is 2.42. The second-order valence-electron chi connectivity index (χ2n) is 8.25. The van der Waals surface area contributed by atoms with Gasteiger partial charge in [0.2, 0.25) is 11.8 Å². The van der Waals surface area contributed by atoms with Crippen LogP contribution in [-0.2, 0) is 9.59 Å². The molecule has 0 saturated heterocycles. The molecule has 30 heavy (non-hydrogen) atoms. The molecule has 2 aromatic rings. The third kappa shape index (κ3) is 4.58. The third-order valence-electron chi connectivity index (χ3n) is 5.68. The Hall–Kier alpha value is -3.02. The van der Waals surface area contributed by atoms with Gasteiger partial charge in [0.1, 0.15) is 0 Å². The Labute approximate surface area is 177 Å². The quantitative estimate of drug-likeness (QED) is 0.756. The average Bonchev–Trinajstić information content (AvgIpc) is 3.04. The van der Waals surface area contributed by atoms with E-state index >= 15 is 0 Å². The van der Waals surface area contributed by atoms with Gasteiger partial charge in [-0.1, -0.05) is 36.2 Å². The summed E-state index contributed by atoms with van der Waals surface area (Å²) in [4.78, 5) is 24.3. The first-order valence-corrected chi connectivity index (χ1v) is 10.6. The van der Waals surface area contributed by atoms with Crippen molar-refractivity contribution in [2.75, 3.05) is 5.32 Å². The number of anilines is 1. The van der Waals surface area contributed by atoms with Crippen LogP contribution < -0.4 is 20.1 Å². The van der Waals surface area contributed by atoms with Crippen molar-refractivity contribution in [3.63, 3.8) is 0 Å². The number of nitrogens with one attached hydrogen (secondary N) is 2. The van der Waals surface area contributed by atoms with Crippen LogP contribution in [0.1, 0.15) is 62.6 Å². The molecule has 1 fully saturated rings. The molecule has 6 nitrogen and oxygen atoms in total. The van der Waals surface area contributed by atoms with E-state index in [1.165, 1.54) is 13.3 Å². The standard InChI is InChI=1S/C24H28N2O4/c1-16-6-8-18(9-7-16)20(25-17(2)27)15-23(28)26-19-10-11-21-22(14-19)30-24(29-21)12-4-3-5-13-24/h6-11,14,20H,3-5,12-13,15H2,1-2H3,(H,25,27)(H,26,28). The van der Waals surface area contributed by atoms with Gasteiger partial charge in [0.25, 0.3) is 5.79 Å². The van der Waals surface area contributed by atoms with Gasteiger partial charge >= 0.3 is 0 Å². The predicted octanol–water partition coefficient (Wildman–Crippen LogP) is 4.63. The molecule has 2 amide bonds.